The Morgan fingerprint density at radius 2 is 1.86 bits per heavy atom. The molecule has 1 aliphatic carbocycles. The number of hydrogen-bond donors (Lipinski definition) is 0. The van der Waals surface area contributed by atoms with Crippen molar-refractivity contribution in [2.24, 2.45) is 5.92 Å². The summed E-state index contributed by atoms with van der Waals surface area (Å²) in [4.78, 5) is 0. The van der Waals surface area contributed by atoms with Crippen molar-refractivity contribution < 1.29 is 17.9 Å². The molecule has 14 heavy (non-hydrogen) atoms. The first-order chi connectivity index (χ1) is 6.55. The van der Waals surface area contributed by atoms with Gasteiger partial charge in [0.1, 0.15) is 0 Å². The van der Waals surface area contributed by atoms with Crippen LogP contribution in [0.15, 0.2) is 0 Å². The second kappa shape index (κ2) is 5.01. The van der Waals surface area contributed by atoms with Crippen LogP contribution in [-0.2, 0) is 4.74 Å². The Morgan fingerprint density at radius 3 is 2.43 bits per heavy atom. The first-order valence-electron chi connectivity index (χ1n) is 5.24. The van der Waals surface area contributed by atoms with Gasteiger partial charge in [-0.15, -0.1) is 0 Å². The largest absolute Gasteiger partial charge is 0.394 e. The molecule has 1 nitrogen and oxygen atoms in total. The van der Waals surface area contributed by atoms with Gasteiger partial charge in [-0.25, -0.2) is 0 Å². The minimum Gasteiger partial charge on any atom is -0.378 e. The van der Waals surface area contributed by atoms with Crippen LogP contribution in [0.5, 0.6) is 0 Å². The van der Waals surface area contributed by atoms with Crippen molar-refractivity contribution in [3.05, 3.63) is 0 Å². The molecule has 1 saturated carbocycles. The van der Waals surface area contributed by atoms with Crippen LogP contribution in [0.2, 0.25) is 0 Å². The summed E-state index contributed by atoms with van der Waals surface area (Å²) in [5.74, 6) is -1.23. The van der Waals surface area contributed by atoms with Gasteiger partial charge in [-0.05, 0) is 19.3 Å². The maximum absolute atomic E-state index is 12.5. The van der Waals surface area contributed by atoms with E-state index in [-0.39, 0.29) is 6.42 Å². The van der Waals surface area contributed by atoms with Crippen LogP contribution < -0.4 is 0 Å². The molecule has 1 fully saturated rings. The molecule has 0 aromatic heterocycles. The van der Waals surface area contributed by atoms with Crippen molar-refractivity contribution in [1.82, 2.24) is 0 Å². The van der Waals surface area contributed by atoms with Gasteiger partial charge in [0.2, 0.25) is 0 Å². The zero-order chi connectivity index (χ0) is 10.6. The van der Waals surface area contributed by atoms with E-state index in [0.717, 1.165) is 12.8 Å². The van der Waals surface area contributed by atoms with Gasteiger partial charge in [0.25, 0.3) is 0 Å². The molecule has 0 radical (unpaired) electrons. The molecule has 0 amide bonds. The van der Waals surface area contributed by atoms with Gasteiger partial charge in [0, 0.05) is 6.61 Å². The lowest BCUT2D eigenvalue weighted by molar-refractivity contribution is -0.215. The Labute approximate surface area is 82.6 Å². The summed E-state index contributed by atoms with van der Waals surface area (Å²) < 4.78 is 42.9. The number of halogens is 3. The van der Waals surface area contributed by atoms with Crippen LogP contribution in [-0.4, -0.2) is 18.9 Å². The normalized spacial score (nSPS) is 29.1. The zero-order valence-electron chi connectivity index (χ0n) is 8.44. The molecule has 0 bridgehead atoms. The molecule has 0 aromatic rings. The van der Waals surface area contributed by atoms with E-state index >= 15 is 0 Å². The van der Waals surface area contributed by atoms with E-state index in [1.807, 2.05) is 6.92 Å². The lowest BCUT2D eigenvalue weighted by Crippen LogP contribution is -2.38. The molecule has 2 unspecified atom stereocenters. The molecule has 0 N–H and O–H groups in total. The van der Waals surface area contributed by atoms with Gasteiger partial charge in [-0.2, -0.15) is 13.2 Å². The highest BCUT2D eigenvalue weighted by Crippen LogP contribution is 2.39. The lowest BCUT2D eigenvalue weighted by Gasteiger charge is -2.32. The first-order valence-corrected chi connectivity index (χ1v) is 5.24. The Bertz CT molecular complexity index is 167. The standard InChI is InChI=1S/C10H17F3O/c1-2-7-14-9-6-4-3-5-8(9)10(11,12)13/h8-9H,2-7H2,1H3. The first kappa shape index (κ1) is 11.8. The molecule has 0 aromatic carbocycles. The molecule has 0 saturated heterocycles. The topological polar surface area (TPSA) is 9.23 Å². The van der Waals surface area contributed by atoms with Gasteiger partial charge in [0.05, 0.1) is 12.0 Å². The Balaban J connectivity index is 2.50. The Kier molecular flexibility index (Phi) is 4.23. The SMILES string of the molecule is CCCOC1CCCCC1C(F)(F)F. The van der Waals surface area contributed by atoms with Crippen LogP contribution in [0.1, 0.15) is 39.0 Å². The maximum atomic E-state index is 12.5. The van der Waals surface area contributed by atoms with Crippen molar-refractivity contribution in [3.8, 4) is 0 Å². The molecule has 0 heterocycles. The van der Waals surface area contributed by atoms with Gasteiger partial charge in [-0.3, -0.25) is 0 Å². The molecule has 4 heteroatoms. The minimum absolute atomic E-state index is 0.234. The summed E-state index contributed by atoms with van der Waals surface area (Å²) in [6, 6.07) is 0. The monoisotopic (exact) mass is 210 g/mol. The van der Waals surface area contributed by atoms with Gasteiger partial charge >= 0.3 is 6.18 Å². The zero-order valence-corrected chi connectivity index (χ0v) is 8.44. The highest BCUT2D eigenvalue weighted by atomic mass is 19.4. The highest BCUT2D eigenvalue weighted by Gasteiger charge is 2.45. The quantitative estimate of drug-likeness (QED) is 0.692. The summed E-state index contributed by atoms with van der Waals surface area (Å²) in [6.07, 6.45) is -1.57. The van der Waals surface area contributed by atoms with E-state index in [4.69, 9.17) is 4.74 Å². The second-order valence-corrected chi connectivity index (χ2v) is 3.84. The van der Waals surface area contributed by atoms with Crippen LogP contribution in [0.3, 0.4) is 0 Å². The van der Waals surface area contributed by atoms with E-state index in [0.29, 0.717) is 19.4 Å². The van der Waals surface area contributed by atoms with E-state index in [9.17, 15) is 13.2 Å². The molecule has 1 aliphatic rings. The van der Waals surface area contributed by atoms with E-state index in [1.54, 1.807) is 0 Å². The highest BCUT2D eigenvalue weighted by molar-refractivity contribution is 4.81. The van der Waals surface area contributed by atoms with Crippen molar-refractivity contribution in [1.29, 1.82) is 0 Å². The number of alkyl halides is 3. The molecule has 84 valence electrons. The average Bonchev–Trinajstić information content (AvgIpc) is 2.14. The summed E-state index contributed by atoms with van der Waals surface area (Å²) in [6.45, 7) is 2.35. The third kappa shape index (κ3) is 3.15. The predicted octanol–water partition coefficient (Wildman–Crippen LogP) is 3.53. The summed E-state index contributed by atoms with van der Waals surface area (Å²) >= 11 is 0. The van der Waals surface area contributed by atoms with E-state index in [1.165, 1.54) is 0 Å². The molecular formula is C10H17F3O. The van der Waals surface area contributed by atoms with E-state index < -0.39 is 18.2 Å². The third-order valence-electron chi connectivity index (χ3n) is 2.66. The smallest absolute Gasteiger partial charge is 0.378 e. The van der Waals surface area contributed by atoms with Crippen LogP contribution >= 0.6 is 0 Å². The average molecular weight is 210 g/mol. The van der Waals surface area contributed by atoms with Crippen molar-refractivity contribution in [2.75, 3.05) is 6.61 Å². The minimum atomic E-state index is -4.08. The van der Waals surface area contributed by atoms with Gasteiger partial charge in [-0.1, -0.05) is 19.8 Å². The fraction of sp³-hybridized carbons (Fsp3) is 1.00. The fourth-order valence-corrected chi connectivity index (χ4v) is 1.94. The second-order valence-electron chi connectivity index (χ2n) is 3.84. The third-order valence-corrected chi connectivity index (χ3v) is 2.66. The summed E-state index contributed by atoms with van der Waals surface area (Å²) in [5.41, 5.74) is 0. The fourth-order valence-electron chi connectivity index (χ4n) is 1.94. The number of hydrogen-bond acceptors (Lipinski definition) is 1. The Morgan fingerprint density at radius 1 is 1.21 bits per heavy atom. The molecule has 2 atom stereocenters. The van der Waals surface area contributed by atoms with E-state index in [2.05, 4.69) is 0 Å². The summed E-state index contributed by atoms with van der Waals surface area (Å²) in [5, 5.41) is 0. The molecule has 1 rings (SSSR count). The van der Waals surface area contributed by atoms with Crippen molar-refractivity contribution >= 4 is 0 Å². The Hall–Kier alpha value is -0.250. The summed E-state index contributed by atoms with van der Waals surface area (Å²) in [7, 11) is 0. The van der Waals surface area contributed by atoms with Crippen molar-refractivity contribution in [2.45, 2.75) is 51.3 Å². The lowest BCUT2D eigenvalue weighted by atomic mass is 9.86. The van der Waals surface area contributed by atoms with Crippen LogP contribution in [0, 0.1) is 5.92 Å². The van der Waals surface area contributed by atoms with Crippen molar-refractivity contribution in [3.63, 3.8) is 0 Å². The molecule has 0 aliphatic heterocycles. The molecule has 0 spiro atoms. The van der Waals surface area contributed by atoms with Gasteiger partial charge in [0.15, 0.2) is 0 Å². The van der Waals surface area contributed by atoms with Crippen LogP contribution in [0.25, 0.3) is 0 Å². The maximum Gasteiger partial charge on any atom is 0.394 e. The molecular weight excluding hydrogens is 193 g/mol. The number of ether oxygens (including phenoxy) is 1. The number of rotatable bonds is 3. The predicted molar refractivity (Wildman–Crippen MR) is 48.0 cm³/mol. The van der Waals surface area contributed by atoms with Gasteiger partial charge < -0.3 is 4.74 Å². The van der Waals surface area contributed by atoms with Crippen LogP contribution in [0.4, 0.5) is 13.2 Å².